The first kappa shape index (κ1) is 23.9. The highest BCUT2D eigenvalue weighted by Gasteiger charge is 2.16. The van der Waals surface area contributed by atoms with E-state index in [0.29, 0.717) is 23.4 Å². The third-order valence-corrected chi connectivity index (χ3v) is 4.05. The van der Waals surface area contributed by atoms with E-state index in [-0.39, 0.29) is 37.0 Å². The number of hydrogen-bond acceptors (Lipinski definition) is 4. The molecule has 2 aromatic carbocycles. The van der Waals surface area contributed by atoms with Gasteiger partial charge in [-0.3, -0.25) is 9.59 Å². The molecule has 0 saturated heterocycles. The van der Waals surface area contributed by atoms with Gasteiger partial charge in [0.05, 0.1) is 0 Å². The van der Waals surface area contributed by atoms with Crippen molar-refractivity contribution in [2.24, 2.45) is 0 Å². The number of ether oxygens (including phenoxy) is 1. The first-order valence-electron chi connectivity index (χ1n) is 10.0. The molecule has 0 fully saturated rings. The summed E-state index contributed by atoms with van der Waals surface area (Å²) in [4.78, 5) is 35.6. The Morgan fingerprint density at radius 3 is 1.97 bits per heavy atom. The van der Waals surface area contributed by atoms with Gasteiger partial charge < -0.3 is 20.7 Å². The molecule has 0 aliphatic rings. The van der Waals surface area contributed by atoms with Crippen LogP contribution in [0.3, 0.4) is 0 Å². The van der Waals surface area contributed by atoms with Gasteiger partial charge >= 0.3 is 6.09 Å². The predicted molar refractivity (Wildman–Crippen MR) is 117 cm³/mol. The van der Waals surface area contributed by atoms with Crippen LogP contribution in [0.5, 0.6) is 0 Å². The predicted octanol–water partition coefficient (Wildman–Crippen LogP) is 4.25. The normalized spacial score (nSPS) is 10.8. The van der Waals surface area contributed by atoms with E-state index in [9.17, 15) is 18.8 Å². The second kappa shape index (κ2) is 11.1. The lowest BCUT2D eigenvalue weighted by Crippen LogP contribution is -2.34. The van der Waals surface area contributed by atoms with Crippen molar-refractivity contribution in [2.75, 3.05) is 17.2 Å². The average molecular weight is 429 g/mol. The molecule has 8 heteroatoms. The third kappa shape index (κ3) is 9.29. The number of benzene rings is 2. The summed E-state index contributed by atoms with van der Waals surface area (Å²) in [6.45, 7) is 5.42. The highest BCUT2D eigenvalue weighted by atomic mass is 19.1. The Labute approximate surface area is 181 Å². The Hall–Kier alpha value is -3.42. The molecule has 0 aliphatic heterocycles. The van der Waals surface area contributed by atoms with Crippen LogP contribution in [-0.2, 0) is 20.7 Å². The van der Waals surface area contributed by atoms with E-state index < -0.39 is 11.7 Å². The fourth-order valence-electron chi connectivity index (χ4n) is 2.63. The zero-order valence-electron chi connectivity index (χ0n) is 18.0. The largest absolute Gasteiger partial charge is 0.444 e. The molecule has 3 N–H and O–H groups in total. The van der Waals surface area contributed by atoms with E-state index in [1.54, 1.807) is 63.2 Å². The fraction of sp³-hybridized carbons (Fsp3) is 0.348. The van der Waals surface area contributed by atoms with E-state index in [1.807, 2.05) is 0 Å². The van der Waals surface area contributed by atoms with Gasteiger partial charge in [-0.2, -0.15) is 0 Å². The second-order valence-electron chi connectivity index (χ2n) is 7.94. The van der Waals surface area contributed by atoms with Gasteiger partial charge in [0, 0.05) is 30.8 Å². The first-order chi connectivity index (χ1) is 14.6. The summed E-state index contributed by atoms with van der Waals surface area (Å²) in [5.74, 6) is -0.817. The lowest BCUT2D eigenvalue weighted by Gasteiger charge is -2.19. The minimum absolute atomic E-state index is 0.0910. The lowest BCUT2D eigenvalue weighted by molar-refractivity contribution is -0.117. The van der Waals surface area contributed by atoms with E-state index in [4.69, 9.17) is 4.74 Å². The number of hydrogen-bond donors (Lipinski definition) is 3. The van der Waals surface area contributed by atoms with Crippen molar-refractivity contribution < 1.29 is 23.5 Å². The Balaban J connectivity index is 1.72. The molecule has 0 unspecified atom stereocenters. The molecule has 7 nitrogen and oxygen atoms in total. The smallest absolute Gasteiger partial charge is 0.407 e. The van der Waals surface area contributed by atoms with Crippen molar-refractivity contribution in [1.29, 1.82) is 0 Å². The van der Waals surface area contributed by atoms with Crippen LogP contribution in [0.1, 0.15) is 39.2 Å². The van der Waals surface area contributed by atoms with Crippen molar-refractivity contribution >= 4 is 29.3 Å². The van der Waals surface area contributed by atoms with Crippen LogP contribution in [0.25, 0.3) is 0 Å². The van der Waals surface area contributed by atoms with E-state index in [1.165, 1.54) is 6.07 Å². The molecule has 166 valence electrons. The van der Waals surface area contributed by atoms with Gasteiger partial charge in [-0.25, -0.2) is 9.18 Å². The van der Waals surface area contributed by atoms with Gasteiger partial charge in [0.25, 0.3) is 0 Å². The summed E-state index contributed by atoms with van der Waals surface area (Å²) >= 11 is 0. The molecular formula is C23H28FN3O4. The van der Waals surface area contributed by atoms with Crippen molar-refractivity contribution in [2.45, 2.75) is 45.6 Å². The number of alkyl carbamates (subject to hydrolysis) is 1. The molecule has 0 atom stereocenters. The number of anilines is 2. The number of aryl methyl sites for hydroxylation is 1. The molecule has 0 saturated carbocycles. The SMILES string of the molecule is CC(C)(C)OC(=O)NCCC(=O)Nc1ccc(NC(=O)CCc2ccccc2F)cc1. The van der Waals surface area contributed by atoms with Crippen molar-refractivity contribution in [3.8, 4) is 0 Å². The molecule has 0 aliphatic carbocycles. The second-order valence-corrected chi connectivity index (χ2v) is 7.94. The molecule has 31 heavy (non-hydrogen) atoms. The Morgan fingerprint density at radius 2 is 1.42 bits per heavy atom. The van der Waals surface area contributed by atoms with Crippen molar-refractivity contribution in [3.63, 3.8) is 0 Å². The summed E-state index contributed by atoms with van der Waals surface area (Å²) in [7, 11) is 0. The summed E-state index contributed by atoms with van der Waals surface area (Å²) in [6, 6.07) is 13.0. The maximum Gasteiger partial charge on any atom is 0.407 e. The van der Waals surface area contributed by atoms with Crippen LogP contribution in [-0.4, -0.2) is 30.1 Å². The third-order valence-electron chi connectivity index (χ3n) is 4.05. The zero-order valence-corrected chi connectivity index (χ0v) is 18.0. The summed E-state index contributed by atoms with van der Waals surface area (Å²) < 4.78 is 18.7. The van der Waals surface area contributed by atoms with Crippen LogP contribution in [0.2, 0.25) is 0 Å². The summed E-state index contributed by atoms with van der Waals surface area (Å²) in [6.07, 6.45) is -0.0163. The Kier molecular flexibility index (Phi) is 8.54. The number of amides is 3. The topological polar surface area (TPSA) is 96.5 Å². The molecule has 0 bridgehead atoms. The molecule has 0 heterocycles. The molecule has 2 rings (SSSR count). The van der Waals surface area contributed by atoms with E-state index in [2.05, 4.69) is 16.0 Å². The number of carbonyl (C=O) groups is 3. The van der Waals surface area contributed by atoms with Crippen LogP contribution >= 0.6 is 0 Å². The molecule has 0 aromatic heterocycles. The first-order valence-corrected chi connectivity index (χ1v) is 10.0. The minimum Gasteiger partial charge on any atom is -0.444 e. The quantitative estimate of drug-likeness (QED) is 0.584. The zero-order chi connectivity index (χ0) is 22.9. The Bertz CT molecular complexity index is 908. The van der Waals surface area contributed by atoms with Crippen LogP contribution in [0, 0.1) is 5.82 Å². The lowest BCUT2D eigenvalue weighted by atomic mass is 10.1. The average Bonchev–Trinajstić information content (AvgIpc) is 2.67. The van der Waals surface area contributed by atoms with Gasteiger partial charge in [-0.1, -0.05) is 18.2 Å². The Morgan fingerprint density at radius 1 is 0.871 bits per heavy atom. The minimum atomic E-state index is -0.596. The maximum absolute atomic E-state index is 13.6. The van der Waals surface area contributed by atoms with Gasteiger partial charge in [0.15, 0.2) is 0 Å². The van der Waals surface area contributed by atoms with Gasteiger partial charge in [0.1, 0.15) is 11.4 Å². The summed E-state index contributed by atoms with van der Waals surface area (Å²) in [5.41, 5.74) is 1.04. The van der Waals surface area contributed by atoms with Crippen molar-refractivity contribution in [1.82, 2.24) is 5.32 Å². The van der Waals surface area contributed by atoms with Gasteiger partial charge in [-0.05, 0) is 63.1 Å². The van der Waals surface area contributed by atoms with Crippen molar-refractivity contribution in [3.05, 3.63) is 59.9 Å². The molecule has 0 radical (unpaired) electrons. The molecular weight excluding hydrogens is 401 g/mol. The highest BCUT2D eigenvalue weighted by Crippen LogP contribution is 2.15. The monoisotopic (exact) mass is 429 g/mol. The molecule has 2 aromatic rings. The number of halogens is 1. The van der Waals surface area contributed by atoms with Gasteiger partial charge in [0.2, 0.25) is 11.8 Å². The molecule has 3 amide bonds. The number of rotatable bonds is 8. The summed E-state index contributed by atoms with van der Waals surface area (Å²) in [5, 5.41) is 7.97. The number of carbonyl (C=O) groups excluding carboxylic acids is 3. The molecule has 0 spiro atoms. The number of nitrogens with one attached hydrogen (secondary N) is 3. The van der Waals surface area contributed by atoms with Crippen LogP contribution in [0.15, 0.2) is 48.5 Å². The van der Waals surface area contributed by atoms with E-state index in [0.717, 1.165) is 0 Å². The van der Waals surface area contributed by atoms with Gasteiger partial charge in [-0.15, -0.1) is 0 Å². The fourth-order valence-corrected chi connectivity index (χ4v) is 2.63. The maximum atomic E-state index is 13.6. The van der Waals surface area contributed by atoms with E-state index >= 15 is 0 Å². The standard InChI is InChI=1S/C23H28FN3O4/c1-23(2,3)31-22(30)25-15-14-21(29)27-18-11-9-17(10-12-18)26-20(28)13-8-16-6-4-5-7-19(16)24/h4-7,9-12H,8,13-15H2,1-3H3,(H,25,30)(H,26,28)(H,27,29). The highest BCUT2D eigenvalue weighted by molar-refractivity contribution is 5.93. The van der Waals surface area contributed by atoms with Crippen LogP contribution in [0.4, 0.5) is 20.6 Å². The van der Waals surface area contributed by atoms with Crippen LogP contribution < -0.4 is 16.0 Å².